The van der Waals surface area contributed by atoms with Crippen LogP contribution >= 0.6 is 0 Å². The van der Waals surface area contributed by atoms with Gasteiger partial charge in [-0.3, -0.25) is 4.79 Å². The smallest absolute Gasteiger partial charge is 0.275 e. The van der Waals surface area contributed by atoms with E-state index in [1.165, 1.54) is 28.9 Å². The van der Waals surface area contributed by atoms with Crippen LogP contribution in [0, 0.1) is 5.82 Å². The van der Waals surface area contributed by atoms with E-state index in [2.05, 4.69) is 10.3 Å². The van der Waals surface area contributed by atoms with E-state index < -0.39 is 5.82 Å². The zero-order valence-electron chi connectivity index (χ0n) is 14.3. The number of ether oxygens (including phenoxy) is 1. The van der Waals surface area contributed by atoms with E-state index >= 15 is 0 Å². The minimum Gasteiger partial charge on any atom is -0.489 e. The van der Waals surface area contributed by atoms with Gasteiger partial charge in [0.1, 0.15) is 29.5 Å². The molecule has 1 N–H and O–H groups in total. The minimum absolute atomic E-state index is 0.213. The highest BCUT2D eigenvalue weighted by atomic mass is 19.1. The summed E-state index contributed by atoms with van der Waals surface area (Å²) in [5, 5.41) is 2.77. The zero-order valence-corrected chi connectivity index (χ0v) is 14.3. The van der Waals surface area contributed by atoms with Crippen LogP contribution in [-0.4, -0.2) is 15.3 Å². The summed E-state index contributed by atoms with van der Waals surface area (Å²) in [6.45, 7) is 0.477. The first-order valence-corrected chi connectivity index (χ1v) is 8.40. The maximum absolute atomic E-state index is 13.2. The largest absolute Gasteiger partial charge is 0.489 e. The molecule has 0 saturated heterocycles. The van der Waals surface area contributed by atoms with Gasteiger partial charge in [0.15, 0.2) is 0 Å². The predicted molar refractivity (Wildman–Crippen MR) is 100 cm³/mol. The fourth-order valence-corrected chi connectivity index (χ4v) is 2.64. The highest BCUT2D eigenvalue weighted by Gasteiger charge is 2.11. The van der Waals surface area contributed by atoms with Gasteiger partial charge in [-0.1, -0.05) is 30.3 Å². The topological polar surface area (TPSA) is 55.6 Å². The van der Waals surface area contributed by atoms with Crippen molar-refractivity contribution >= 4 is 17.2 Å². The lowest BCUT2D eigenvalue weighted by Crippen LogP contribution is -2.12. The Hall–Kier alpha value is -3.67. The summed E-state index contributed by atoms with van der Waals surface area (Å²) in [6.07, 6.45) is 2.77. The molecule has 0 fully saturated rings. The lowest BCUT2D eigenvalue weighted by molar-refractivity contribution is 0.102. The van der Waals surface area contributed by atoms with Crippen LogP contribution in [0.2, 0.25) is 0 Å². The van der Waals surface area contributed by atoms with Crippen LogP contribution in [0.3, 0.4) is 0 Å². The minimum atomic E-state index is -0.391. The third-order valence-electron chi connectivity index (χ3n) is 4.01. The Morgan fingerprint density at radius 1 is 1.00 bits per heavy atom. The Labute approximate surface area is 155 Å². The zero-order chi connectivity index (χ0) is 18.6. The molecule has 0 atom stereocenters. The van der Waals surface area contributed by atoms with Gasteiger partial charge in [-0.15, -0.1) is 0 Å². The number of fused-ring (bicyclic) bond motifs is 1. The number of hydrogen-bond acceptors (Lipinski definition) is 3. The summed E-state index contributed by atoms with van der Waals surface area (Å²) in [4.78, 5) is 16.5. The highest BCUT2D eigenvalue weighted by molar-refractivity contribution is 6.03. The van der Waals surface area contributed by atoms with Gasteiger partial charge in [0.2, 0.25) is 0 Å². The van der Waals surface area contributed by atoms with Crippen molar-refractivity contribution in [1.82, 2.24) is 9.38 Å². The summed E-state index contributed by atoms with van der Waals surface area (Å²) in [5.74, 6) is -0.0462. The van der Waals surface area contributed by atoms with Gasteiger partial charge in [-0.2, -0.15) is 0 Å². The molecule has 2 aromatic carbocycles. The molecule has 0 saturated carbocycles. The normalized spacial score (nSPS) is 10.7. The molecule has 2 heterocycles. The summed E-state index contributed by atoms with van der Waals surface area (Å²) in [7, 11) is 0. The van der Waals surface area contributed by atoms with Crippen molar-refractivity contribution in [3.63, 3.8) is 0 Å². The molecule has 4 rings (SSSR count). The van der Waals surface area contributed by atoms with Gasteiger partial charge >= 0.3 is 0 Å². The van der Waals surface area contributed by atoms with E-state index in [1.54, 1.807) is 24.3 Å². The number of carbonyl (C=O) groups excluding carboxylic acids is 1. The number of rotatable bonds is 5. The Bertz CT molecular complexity index is 1080. The molecule has 6 heteroatoms. The van der Waals surface area contributed by atoms with Crippen molar-refractivity contribution in [1.29, 1.82) is 0 Å². The highest BCUT2D eigenvalue weighted by Crippen LogP contribution is 2.18. The van der Waals surface area contributed by atoms with Crippen LogP contribution in [0.15, 0.2) is 79.1 Å². The number of nitrogens with zero attached hydrogens (tertiary/aromatic N) is 2. The monoisotopic (exact) mass is 361 g/mol. The van der Waals surface area contributed by atoms with Crippen molar-refractivity contribution < 1.29 is 13.9 Å². The lowest BCUT2D eigenvalue weighted by Gasteiger charge is -2.08. The number of amides is 1. The molecule has 1 amide bonds. The van der Waals surface area contributed by atoms with E-state index in [0.29, 0.717) is 23.7 Å². The van der Waals surface area contributed by atoms with Gasteiger partial charge in [0.25, 0.3) is 5.91 Å². The number of nitrogens with one attached hydrogen (secondary N) is 1. The molecule has 2 aromatic heterocycles. The average Bonchev–Trinajstić information content (AvgIpc) is 3.11. The molecular weight excluding hydrogens is 345 g/mol. The third kappa shape index (κ3) is 3.95. The quantitative estimate of drug-likeness (QED) is 0.576. The number of carbonyl (C=O) groups is 1. The van der Waals surface area contributed by atoms with Crippen molar-refractivity contribution in [3.8, 4) is 5.75 Å². The molecule has 0 aliphatic rings. The van der Waals surface area contributed by atoms with Crippen LogP contribution in [0.1, 0.15) is 16.1 Å². The second-order valence-electron chi connectivity index (χ2n) is 5.99. The van der Waals surface area contributed by atoms with Crippen LogP contribution in [0.25, 0.3) is 5.65 Å². The van der Waals surface area contributed by atoms with Crippen LogP contribution in [-0.2, 0) is 6.61 Å². The van der Waals surface area contributed by atoms with E-state index in [0.717, 1.165) is 5.56 Å². The van der Waals surface area contributed by atoms with Gasteiger partial charge in [0, 0.05) is 18.1 Å². The molecule has 0 spiro atoms. The average molecular weight is 361 g/mol. The number of benzene rings is 2. The molecular formula is C21H16FN3O2. The first kappa shape index (κ1) is 16.8. The van der Waals surface area contributed by atoms with E-state index in [1.807, 2.05) is 30.3 Å². The molecule has 0 unspecified atom stereocenters. The molecule has 0 bridgehead atoms. The standard InChI is InChI=1S/C21H16FN3O2/c22-16-6-11-20-24-19(13-25(20)12-16)21(26)23-17-7-9-18(10-8-17)27-14-15-4-2-1-3-5-15/h1-13H,14H2,(H,23,26). The maximum atomic E-state index is 13.2. The number of hydrogen-bond donors (Lipinski definition) is 1. The fourth-order valence-electron chi connectivity index (χ4n) is 2.64. The van der Waals surface area contributed by atoms with Crippen molar-refractivity contribution in [3.05, 3.63) is 96.2 Å². The summed E-state index contributed by atoms with van der Waals surface area (Å²) < 4.78 is 20.4. The molecule has 27 heavy (non-hydrogen) atoms. The second-order valence-corrected chi connectivity index (χ2v) is 5.99. The number of anilines is 1. The van der Waals surface area contributed by atoms with Gasteiger partial charge in [0.05, 0.1) is 0 Å². The Balaban J connectivity index is 1.40. The Morgan fingerprint density at radius 2 is 1.78 bits per heavy atom. The van der Waals surface area contributed by atoms with Crippen molar-refractivity contribution in [2.75, 3.05) is 5.32 Å². The number of imidazole rings is 1. The summed E-state index contributed by atoms with van der Waals surface area (Å²) >= 11 is 0. The number of halogens is 1. The van der Waals surface area contributed by atoms with Gasteiger partial charge in [-0.25, -0.2) is 9.37 Å². The van der Waals surface area contributed by atoms with Crippen molar-refractivity contribution in [2.45, 2.75) is 6.61 Å². The second kappa shape index (κ2) is 7.29. The Morgan fingerprint density at radius 3 is 2.56 bits per heavy atom. The molecule has 5 nitrogen and oxygen atoms in total. The number of pyridine rings is 1. The van der Waals surface area contributed by atoms with Crippen LogP contribution in [0.5, 0.6) is 5.75 Å². The summed E-state index contributed by atoms with van der Waals surface area (Å²) in [6, 6.07) is 19.8. The number of aromatic nitrogens is 2. The van der Waals surface area contributed by atoms with E-state index in [-0.39, 0.29) is 11.6 Å². The lowest BCUT2D eigenvalue weighted by atomic mass is 10.2. The Kier molecular flexibility index (Phi) is 4.53. The fraction of sp³-hybridized carbons (Fsp3) is 0.0476. The van der Waals surface area contributed by atoms with Crippen molar-refractivity contribution in [2.24, 2.45) is 0 Å². The first-order valence-electron chi connectivity index (χ1n) is 8.40. The molecule has 4 aromatic rings. The SMILES string of the molecule is O=C(Nc1ccc(OCc2ccccc2)cc1)c1cn2cc(F)ccc2n1. The van der Waals surface area contributed by atoms with Gasteiger partial charge in [-0.05, 0) is 42.0 Å². The van der Waals surface area contributed by atoms with E-state index in [4.69, 9.17) is 4.74 Å². The molecule has 0 aliphatic carbocycles. The molecule has 134 valence electrons. The maximum Gasteiger partial charge on any atom is 0.275 e. The predicted octanol–water partition coefficient (Wildman–Crippen LogP) is 4.30. The van der Waals surface area contributed by atoms with Crippen LogP contribution in [0.4, 0.5) is 10.1 Å². The van der Waals surface area contributed by atoms with Crippen LogP contribution < -0.4 is 10.1 Å². The van der Waals surface area contributed by atoms with Gasteiger partial charge < -0.3 is 14.5 Å². The van der Waals surface area contributed by atoms with E-state index in [9.17, 15) is 9.18 Å². The molecule has 0 radical (unpaired) electrons. The molecule has 0 aliphatic heterocycles. The summed E-state index contributed by atoms with van der Waals surface area (Å²) in [5.41, 5.74) is 2.42. The third-order valence-corrected chi connectivity index (χ3v) is 4.01. The first-order chi connectivity index (χ1) is 13.2.